The summed E-state index contributed by atoms with van der Waals surface area (Å²) in [5.74, 6) is -3.27. The Kier molecular flexibility index (Phi) is 3.77. The molecule has 0 saturated heterocycles. The molecule has 2 nitrogen and oxygen atoms in total. The van der Waals surface area contributed by atoms with Crippen LogP contribution >= 0.6 is 0 Å². The number of halogens is 2. The van der Waals surface area contributed by atoms with Crippen molar-refractivity contribution in [1.82, 2.24) is 0 Å². The molecule has 0 aliphatic carbocycles. The van der Waals surface area contributed by atoms with Gasteiger partial charge in [0.25, 0.3) is 5.92 Å². The highest BCUT2D eigenvalue weighted by Gasteiger charge is 2.37. The maximum absolute atomic E-state index is 13.0. The van der Waals surface area contributed by atoms with Crippen LogP contribution in [0.25, 0.3) is 0 Å². The fourth-order valence-corrected chi connectivity index (χ4v) is 1.30. The number of rotatable bonds is 4. The first kappa shape index (κ1) is 12.1. The van der Waals surface area contributed by atoms with Gasteiger partial charge >= 0.3 is 0 Å². The van der Waals surface area contributed by atoms with Crippen LogP contribution in [0.15, 0.2) is 24.3 Å². The molecule has 0 bridgehead atoms. The van der Waals surface area contributed by atoms with Crippen molar-refractivity contribution < 1.29 is 13.9 Å². The lowest BCUT2D eigenvalue weighted by molar-refractivity contribution is -0.0711. The van der Waals surface area contributed by atoms with Crippen LogP contribution in [-0.4, -0.2) is 17.6 Å². The van der Waals surface area contributed by atoms with Gasteiger partial charge in [-0.1, -0.05) is 31.2 Å². The molecule has 1 atom stereocenters. The first-order chi connectivity index (χ1) is 7.01. The summed E-state index contributed by atoms with van der Waals surface area (Å²) in [7, 11) is 0. The van der Waals surface area contributed by atoms with Gasteiger partial charge in [0.05, 0.1) is 6.04 Å². The number of hydrogen-bond donors (Lipinski definition) is 2. The van der Waals surface area contributed by atoms with Gasteiger partial charge in [0.1, 0.15) is 6.61 Å². The molecule has 0 fully saturated rings. The van der Waals surface area contributed by atoms with Crippen molar-refractivity contribution in [3.63, 3.8) is 0 Å². The Bertz CT molecular complexity index is 311. The molecule has 0 aliphatic rings. The van der Waals surface area contributed by atoms with E-state index >= 15 is 0 Å². The van der Waals surface area contributed by atoms with Gasteiger partial charge in [-0.3, -0.25) is 0 Å². The van der Waals surface area contributed by atoms with Gasteiger partial charge in [-0.05, 0) is 17.5 Å². The van der Waals surface area contributed by atoms with E-state index < -0.39 is 18.6 Å². The Hall–Kier alpha value is -1.00. The Morgan fingerprint density at radius 1 is 1.33 bits per heavy atom. The third-order valence-corrected chi connectivity index (χ3v) is 2.41. The minimum absolute atomic E-state index is 0.339. The Morgan fingerprint density at radius 3 is 2.27 bits per heavy atom. The minimum atomic E-state index is -3.27. The standard InChI is InChI=1S/C11H15F2NO/c1-2-8-3-5-9(6-4-8)10(14)11(12,13)7-15/h3-6,10,15H,2,7,14H2,1H3. The summed E-state index contributed by atoms with van der Waals surface area (Å²) >= 11 is 0. The Balaban J connectivity index is 2.87. The van der Waals surface area contributed by atoms with E-state index in [-0.39, 0.29) is 0 Å². The molecule has 0 heterocycles. The van der Waals surface area contributed by atoms with Crippen molar-refractivity contribution in [3.8, 4) is 0 Å². The lowest BCUT2D eigenvalue weighted by atomic mass is 10.00. The van der Waals surface area contributed by atoms with Crippen molar-refractivity contribution in [1.29, 1.82) is 0 Å². The van der Waals surface area contributed by atoms with Crippen LogP contribution in [0.3, 0.4) is 0 Å². The average Bonchev–Trinajstić information content (AvgIpc) is 2.28. The highest BCUT2D eigenvalue weighted by atomic mass is 19.3. The summed E-state index contributed by atoms with van der Waals surface area (Å²) in [5, 5.41) is 8.50. The molecule has 4 heteroatoms. The zero-order valence-electron chi connectivity index (χ0n) is 8.58. The van der Waals surface area contributed by atoms with Crippen LogP contribution in [0.2, 0.25) is 0 Å². The molecule has 0 spiro atoms. The molecule has 84 valence electrons. The van der Waals surface area contributed by atoms with Crippen molar-refractivity contribution in [2.75, 3.05) is 6.61 Å². The normalized spacial score (nSPS) is 13.9. The average molecular weight is 215 g/mol. The topological polar surface area (TPSA) is 46.2 Å². The van der Waals surface area contributed by atoms with E-state index in [1.807, 2.05) is 6.92 Å². The van der Waals surface area contributed by atoms with E-state index in [4.69, 9.17) is 10.8 Å². The summed E-state index contributed by atoms with van der Waals surface area (Å²) < 4.78 is 26.1. The molecule has 0 saturated carbocycles. The lowest BCUT2D eigenvalue weighted by Gasteiger charge is -2.21. The summed E-state index contributed by atoms with van der Waals surface area (Å²) in [6.45, 7) is 0.751. The van der Waals surface area contributed by atoms with Crippen LogP contribution in [0.4, 0.5) is 8.78 Å². The van der Waals surface area contributed by atoms with Gasteiger partial charge < -0.3 is 10.8 Å². The van der Waals surface area contributed by atoms with E-state index in [2.05, 4.69) is 0 Å². The smallest absolute Gasteiger partial charge is 0.289 e. The fraction of sp³-hybridized carbons (Fsp3) is 0.455. The van der Waals surface area contributed by atoms with E-state index in [9.17, 15) is 8.78 Å². The molecule has 0 aliphatic heterocycles. The van der Waals surface area contributed by atoms with Crippen molar-refractivity contribution in [2.24, 2.45) is 5.73 Å². The maximum Gasteiger partial charge on any atom is 0.289 e. The third kappa shape index (κ3) is 2.73. The van der Waals surface area contributed by atoms with Gasteiger partial charge in [-0.2, -0.15) is 0 Å². The van der Waals surface area contributed by atoms with Crippen LogP contribution < -0.4 is 5.73 Å². The SMILES string of the molecule is CCc1ccc(C(N)C(F)(F)CO)cc1. The molecule has 1 rings (SSSR count). The Morgan fingerprint density at radius 2 is 1.87 bits per heavy atom. The predicted molar refractivity (Wildman–Crippen MR) is 54.8 cm³/mol. The molecule has 1 aromatic rings. The van der Waals surface area contributed by atoms with Gasteiger partial charge in [0, 0.05) is 0 Å². The lowest BCUT2D eigenvalue weighted by Crippen LogP contribution is -2.36. The zero-order chi connectivity index (χ0) is 11.5. The number of aliphatic hydroxyl groups excluding tert-OH is 1. The van der Waals surface area contributed by atoms with E-state index in [0.717, 1.165) is 12.0 Å². The number of aryl methyl sites for hydroxylation is 1. The fourth-order valence-electron chi connectivity index (χ4n) is 1.30. The van der Waals surface area contributed by atoms with Crippen LogP contribution in [0.1, 0.15) is 24.1 Å². The largest absolute Gasteiger partial charge is 0.390 e. The summed E-state index contributed by atoms with van der Waals surface area (Å²) in [6, 6.07) is 5.24. The van der Waals surface area contributed by atoms with Gasteiger partial charge in [0.2, 0.25) is 0 Å². The highest BCUT2D eigenvalue weighted by molar-refractivity contribution is 5.26. The Labute approximate surface area is 87.7 Å². The van der Waals surface area contributed by atoms with Crippen molar-refractivity contribution in [3.05, 3.63) is 35.4 Å². The van der Waals surface area contributed by atoms with Gasteiger partial charge in [-0.15, -0.1) is 0 Å². The maximum atomic E-state index is 13.0. The highest BCUT2D eigenvalue weighted by Crippen LogP contribution is 2.28. The number of hydrogen-bond acceptors (Lipinski definition) is 2. The van der Waals surface area contributed by atoms with Crippen LogP contribution in [0, 0.1) is 0 Å². The second-order valence-electron chi connectivity index (χ2n) is 3.49. The van der Waals surface area contributed by atoms with E-state index in [1.54, 1.807) is 24.3 Å². The number of aliphatic hydroxyl groups is 1. The summed E-state index contributed by atoms with van der Waals surface area (Å²) in [4.78, 5) is 0. The molecule has 1 unspecified atom stereocenters. The molecule has 1 aromatic carbocycles. The summed E-state index contributed by atoms with van der Waals surface area (Å²) in [5.41, 5.74) is 6.77. The monoisotopic (exact) mass is 215 g/mol. The van der Waals surface area contributed by atoms with Gasteiger partial charge in [0.15, 0.2) is 0 Å². The quantitative estimate of drug-likeness (QED) is 0.805. The molecule has 3 N–H and O–H groups in total. The second kappa shape index (κ2) is 4.68. The van der Waals surface area contributed by atoms with Gasteiger partial charge in [-0.25, -0.2) is 8.78 Å². The number of nitrogens with two attached hydrogens (primary N) is 1. The minimum Gasteiger partial charge on any atom is -0.390 e. The molecule has 15 heavy (non-hydrogen) atoms. The number of alkyl halides is 2. The van der Waals surface area contributed by atoms with Crippen molar-refractivity contribution in [2.45, 2.75) is 25.3 Å². The first-order valence-electron chi connectivity index (χ1n) is 4.84. The van der Waals surface area contributed by atoms with Crippen LogP contribution in [-0.2, 0) is 6.42 Å². The first-order valence-corrected chi connectivity index (χ1v) is 4.84. The molecular formula is C11H15F2NO. The molecule has 0 radical (unpaired) electrons. The van der Waals surface area contributed by atoms with E-state index in [1.165, 1.54) is 0 Å². The third-order valence-electron chi connectivity index (χ3n) is 2.41. The zero-order valence-corrected chi connectivity index (χ0v) is 8.58. The van der Waals surface area contributed by atoms with Crippen molar-refractivity contribution >= 4 is 0 Å². The molecule has 0 amide bonds. The second-order valence-corrected chi connectivity index (χ2v) is 3.49. The molecule has 0 aromatic heterocycles. The van der Waals surface area contributed by atoms with Crippen LogP contribution in [0.5, 0.6) is 0 Å². The summed E-state index contributed by atoms with van der Waals surface area (Å²) in [6.07, 6.45) is 0.853. The molecular weight excluding hydrogens is 200 g/mol. The number of benzene rings is 1. The van der Waals surface area contributed by atoms with E-state index in [0.29, 0.717) is 5.56 Å². The predicted octanol–water partition coefficient (Wildman–Crippen LogP) is 1.88.